The van der Waals surface area contributed by atoms with E-state index in [9.17, 15) is 34.2 Å². The Kier molecular flexibility index (Phi) is 8.05. The third-order valence-corrected chi connectivity index (χ3v) is 5.97. The van der Waals surface area contributed by atoms with Gasteiger partial charge in [-0.05, 0) is 18.9 Å². The van der Waals surface area contributed by atoms with Crippen LogP contribution >= 0.6 is 0 Å². The first-order valence-electron chi connectivity index (χ1n) is 10.9. The van der Waals surface area contributed by atoms with Crippen LogP contribution in [-0.4, -0.2) is 90.5 Å². The lowest BCUT2D eigenvalue weighted by Gasteiger charge is -2.22. The predicted molar refractivity (Wildman–Crippen MR) is 116 cm³/mol. The van der Waals surface area contributed by atoms with Crippen LogP contribution in [0.1, 0.15) is 31.7 Å². The van der Waals surface area contributed by atoms with Crippen molar-refractivity contribution in [3.8, 4) is 0 Å². The topological polar surface area (TPSA) is 267 Å². The number of carbonyl (C=O) groups excluding carboxylic acids is 2. The minimum absolute atomic E-state index is 0.116. The third kappa shape index (κ3) is 5.85. The van der Waals surface area contributed by atoms with Crippen LogP contribution in [0.25, 0.3) is 0 Å². The van der Waals surface area contributed by atoms with Crippen molar-refractivity contribution in [3.63, 3.8) is 0 Å². The molecule has 3 unspecified atom stereocenters. The zero-order chi connectivity index (χ0) is 26.8. The number of nitrogens with zero attached hydrogens (tertiary/aromatic N) is 2. The van der Waals surface area contributed by atoms with Crippen molar-refractivity contribution in [2.75, 3.05) is 11.9 Å². The van der Waals surface area contributed by atoms with Crippen LogP contribution in [0.4, 0.5) is 5.82 Å². The number of nitrogens with one attached hydrogen (secondary N) is 1. The van der Waals surface area contributed by atoms with Gasteiger partial charge in [0.15, 0.2) is 5.79 Å². The Hall–Kier alpha value is -3.44. The zero-order valence-electron chi connectivity index (χ0n) is 18.9. The summed E-state index contributed by atoms with van der Waals surface area (Å²) in [5, 5.41) is 40.8. The number of hydrogen-bond donors (Lipinski definition) is 7. The Morgan fingerprint density at radius 2 is 1.78 bits per heavy atom. The molecule has 36 heavy (non-hydrogen) atoms. The molecule has 9 N–H and O–H groups in total. The van der Waals surface area contributed by atoms with Gasteiger partial charge in [0.05, 0.1) is 18.1 Å². The summed E-state index contributed by atoms with van der Waals surface area (Å²) >= 11 is 0. The highest BCUT2D eigenvalue weighted by Gasteiger charge is 2.77. The number of hydrogen-bond acceptors (Lipinski definition) is 12. The Bertz CT molecular complexity index is 1090. The summed E-state index contributed by atoms with van der Waals surface area (Å²) in [5.41, 5.74) is 10.3. The summed E-state index contributed by atoms with van der Waals surface area (Å²) < 4.78 is 11.4. The van der Waals surface area contributed by atoms with Gasteiger partial charge in [-0.1, -0.05) is 0 Å². The summed E-state index contributed by atoms with van der Waals surface area (Å²) in [5.74, 6) is -6.88. The first-order valence-corrected chi connectivity index (χ1v) is 10.9. The molecular weight excluding hydrogens is 486 g/mol. The summed E-state index contributed by atoms with van der Waals surface area (Å²) in [6.07, 6.45) is -2.10. The summed E-state index contributed by atoms with van der Waals surface area (Å²) in [4.78, 5) is 61.2. The van der Waals surface area contributed by atoms with Gasteiger partial charge in [0, 0.05) is 19.0 Å². The van der Waals surface area contributed by atoms with E-state index in [-0.39, 0.29) is 31.5 Å². The molecule has 1 saturated carbocycles. The van der Waals surface area contributed by atoms with Crippen LogP contribution in [0.5, 0.6) is 0 Å². The van der Waals surface area contributed by atoms with E-state index in [4.69, 9.17) is 31.2 Å². The third-order valence-electron chi connectivity index (χ3n) is 5.97. The van der Waals surface area contributed by atoms with Crippen molar-refractivity contribution in [1.29, 1.82) is 0 Å². The van der Waals surface area contributed by atoms with E-state index in [1.807, 2.05) is 0 Å². The van der Waals surface area contributed by atoms with Gasteiger partial charge in [-0.15, -0.1) is 0 Å². The van der Waals surface area contributed by atoms with E-state index in [0.717, 1.165) is 4.57 Å². The summed E-state index contributed by atoms with van der Waals surface area (Å²) in [6, 6.07) is -2.06. The molecule has 2 heterocycles. The lowest BCUT2D eigenvalue weighted by molar-refractivity contribution is -0.177. The number of aliphatic hydroxyl groups excluding tert-OH is 1. The van der Waals surface area contributed by atoms with Gasteiger partial charge < -0.3 is 46.7 Å². The number of carboxylic acid groups (broad SMARTS) is 2. The average Bonchev–Trinajstić information content (AvgIpc) is 3.32. The monoisotopic (exact) mass is 513 g/mol. The molecule has 0 aromatic carbocycles. The molecule has 16 heteroatoms. The Morgan fingerprint density at radius 1 is 1.17 bits per heavy atom. The van der Waals surface area contributed by atoms with E-state index in [1.165, 1.54) is 12.3 Å². The standard InChI is InChI=1S/C20H27N5O11/c21-8(1-3-12(26)27)17(31)23-11-5-6-25(19(33)24-11)16-14-15(30)10(36-20(14,16)34)7-35-18(32)9(22)2-4-13(28)29/h5-6,8-10,14-16,30,34H,1-4,7,21-22H2,(H,26,27)(H,28,29)(H,23,24,31,33)/t8-,9-,10+,14?,15?,16-,20?/m0/s1. The zero-order valence-corrected chi connectivity index (χ0v) is 18.9. The number of amides is 1. The van der Waals surface area contributed by atoms with Crippen LogP contribution in [0, 0.1) is 5.92 Å². The van der Waals surface area contributed by atoms with Gasteiger partial charge in [0.2, 0.25) is 5.91 Å². The molecule has 1 aromatic rings. The average molecular weight is 513 g/mol. The molecule has 0 bridgehead atoms. The van der Waals surface area contributed by atoms with Crippen molar-refractivity contribution in [2.24, 2.45) is 17.4 Å². The molecule has 1 aliphatic heterocycles. The van der Waals surface area contributed by atoms with E-state index >= 15 is 0 Å². The molecule has 0 spiro atoms. The highest BCUT2D eigenvalue weighted by atomic mass is 16.7. The van der Waals surface area contributed by atoms with E-state index in [1.54, 1.807) is 0 Å². The van der Waals surface area contributed by atoms with Crippen molar-refractivity contribution < 1.29 is 49.1 Å². The van der Waals surface area contributed by atoms with Gasteiger partial charge in [-0.2, -0.15) is 4.98 Å². The van der Waals surface area contributed by atoms with Crippen molar-refractivity contribution >= 4 is 29.6 Å². The maximum atomic E-state index is 12.5. The molecule has 198 valence electrons. The fourth-order valence-electron chi connectivity index (χ4n) is 3.98. The molecular formula is C20H27N5O11. The number of aliphatic hydroxyl groups is 2. The van der Waals surface area contributed by atoms with Crippen LogP contribution in [0.15, 0.2) is 17.1 Å². The number of ether oxygens (including phenoxy) is 2. The smallest absolute Gasteiger partial charge is 0.349 e. The fourth-order valence-corrected chi connectivity index (χ4v) is 3.98. The Balaban J connectivity index is 1.55. The van der Waals surface area contributed by atoms with E-state index < -0.39 is 78.2 Å². The molecule has 7 atom stereocenters. The first-order chi connectivity index (χ1) is 16.8. The van der Waals surface area contributed by atoms with Crippen LogP contribution < -0.4 is 22.5 Å². The summed E-state index contributed by atoms with van der Waals surface area (Å²) in [7, 11) is 0. The van der Waals surface area contributed by atoms with Crippen LogP contribution in [-0.2, 0) is 28.7 Å². The minimum atomic E-state index is -1.93. The minimum Gasteiger partial charge on any atom is -0.481 e. The number of carboxylic acids is 2. The Labute approximate surface area is 202 Å². The van der Waals surface area contributed by atoms with Crippen LogP contribution in [0.3, 0.4) is 0 Å². The number of aromatic nitrogens is 2. The molecule has 1 aliphatic carbocycles. The maximum absolute atomic E-state index is 12.5. The molecule has 16 nitrogen and oxygen atoms in total. The SMILES string of the molecule is N[C@@H](CCC(=O)O)C(=O)Nc1ccn([C@H]2C3C(O)[C@@H](COC(=O)[C@@H](N)CCC(=O)O)OC32O)c(=O)n1. The maximum Gasteiger partial charge on any atom is 0.349 e. The molecule has 2 aliphatic rings. The quantitative estimate of drug-likeness (QED) is 0.135. The van der Waals surface area contributed by atoms with Gasteiger partial charge in [0.25, 0.3) is 0 Å². The van der Waals surface area contributed by atoms with Gasteiger partial charge in [-0.3, -0.25) is 23.7 Å². The van der Waals surface area contributed by atoms with Crippen molar-refractivity contribution in [3.05, 3.63) is 22.7 Å². The second-order valence-corrected chi connectivity index (χ2v) is 8.57. The predicted octanol–water partition coefficient (Wildman–Crippen LogP) is -3.27. The van der Waals surface area contributed by atoms with E-state index in [2.05, 4.69) is 10.3 Å². The van der Waals surface area contributed by atoms with E-state index in [0.29, 0.717) is 0 Å². The number of fused-ring (bicyclic) bond motifs is 1. The number of esters is 1. The van der Waals surface area contributed by atoms with Crippen molar-refractivity contribution in [1.82, 2.24) is 9.55 Å². The molecule has 2 fully saturated rings. The first kappa shape index (κ1) is 27.2. The summed E-state index contributed by atoms with van der Waals surface area (Å²) in [6.45, 7) is -0.452. The molecule has 0 radical (unpaired) electrons. The fraction of sp³-hybridized carbons (Fsp3) is 0.600. The Morgan fingerprint density at radius 3 is 2.31 bits per heavy atom. The van der Waals surface area contributed by atoms with Gasteiger partial charge >= 0.3 is 23.6 Å². The highest BCUT2D eigenvalue weighted by molar-refractivity contribution is 5.94. The number of anilines is 1. The van der Waals surface area contributed by atoms with Crippen LogP contribution in [0.2, 0.25) is 0 Å². The molecule has 3 rings (SSSR count). The number of aliphatic carboxylic acids is 2. The highest BCUT2D eigenvalue weighted by Crippen LogP contribution is 2.62. The number of carbonyl (C=O) groups is 4. The molecule has 1 saturated heterocycles. The lowest BCUT2D eigenvalue weighted by Crippen LogP contribution is -2.39. The number of nitrogens with two attached hydrogens (primary N) is 2. The second-order valence-electron chi connectivity index (χ2n) is 8.57. The van der Waals surface area contributed by atoms with Crippen molar-refractivity contribution in [2.45, 2.75) is 61.8 Å². The molecule has 1 aromatic heterocycles. The van der Waals surface area contributed by atoms with Gasteiger partial charge in [-0.25, -0.2) is 4.79 Å². The number of rotatable bonds is 12. The lowest BCUT2D eigenvalue weighted by atomic mass is 10.1. The normalized spacial score (nSPS) is 28.0. The molecule has 1 amide bonds. The largest absolute Gasteiger partial charge is 0.481 e. The van der Waals surface area contributed by atoms with Gasteiger partial charge in [0.1, 0.15) is 30.6 Å². The second kappa shape index (κ2) is 10.7.